The number of thiazole rings is 1. The topological polar surface area (TPSA) is 69.8 Å². The molecule has 9 heteroatoms. The van der Waals surface area contributed by atoms with Crippen LogP contribution in [0, 0.1) is 13.8 Å². The molecule has 0 aliphatic carbocycles. The first-order chi connectivity index (χ1) is 14.0. The van der Waals surface area contributed by atoms with Gasteiger partial charge in [0.05, 0.1) is 29.1 Å². The SMILES string of the molecule is COc1ccc(-n2ccc(-c3sc(NCc4c(C)nn(C)c4Cl)nc3C)n2)cc1. The number of rotatable bonds is 6. The van der Waals surface area contributed by atoms with Gasteiger partial charge in [-0.1, -0.05) is 22.9 Å². The first-order valence-corrected chi connectivity index (χ1v) is 10.3. The van der Waals surface area contributed by atoms with Crippen molar-refractivity contribution in [2.75, 3.05) is 12.4 Å². The molecule has 0 atom stereocenters. The van der Waals surface area contributed by atoms with Crippen molar-refractivity contribution in [1.82, 2.24) is 24.5 Å². The van der Waals surface area contributed by atoms with Gasteiger partial charge in [0, 0.05) is 25.4 Å². The zero-order chi connectivity index (χ0) is 20.5. The van der Waals surface area contributed by atoms with E-state index in [1.54, 1.807) is 23.1 Å². The van der Waals surface area contributed by atoms with E-state index in [9.17, 15) is 0 Å². The Bertz CT molecular complexity index is 1140. The van der Waals surface area contributed by atoms with Gasteiger partial charge in [-0.05, 0) is 44.2 Å². The lowest BCUT2D eigenvalue weighted by Crippen LogP contribution is -2.00. The lowest BCUT2D eigenvalue weighted by molar-refractivity contribution is 0.414. The maximum atomic E-state index is 6.32. The summed E-state index contributed by atoms with van der Waals surface area (Å²) in [4.78, 5) is 5.68. The van der Waals surface area contributed by atoms with Crippen LogP contribution in [0.4, 0.5) is 5.13 Å². The summed E-state index contributed by atoms with van der Waals surface area (Å²) in [6.45, 7) is 4.52. The summed E-state index contributed by atoms with van der Waals surface area (Å²) in [5.41, 5.74) is 4.69. The Hall–Kier alpha value is -2.84. The third-order valence-electron chi connectivity index (χ3n) is 4.64. The third-order valence-corrected chi connectivity index (χ3v) is 6.25. The van der Waals surface area contributed by atoms with Crippen LogP contribution in [0.2, 0.25) is 5.15 Å². The molecule has 0 aliphatic heterocycles. The zero-order valence-corrected chi connectivity index (χ0v) is 18.2. The molecule has 7 nitrogen and oxygen atoms in total. The number of halogens is 1. The predicted molar refractivity (Wildman–Crippen MR) is 116 cm³/mol. The average Bonchev–Trinajstić information content (AvgIpc) is 3.40. The molecule has 4 rings (SSSR count). The fourth-order valence-corrected chi connectivity index (χ4v) is 4.24. The molecule has 0 saturated heterocycles. The van der Waals surface area contributed by atoms with E-state index < -0.39 is 0 Å². The molecule has 0 amide bonds. The zero-order valence-electron chi connectivity index (χ0n) is 16.6. The van der Waals surface area contributed by atoms with Crippen molar-refractivity contribution < 1.29 is 4.74 Å². The number of anilines is 1. The molecule has 0 spiro atoms. The summed E-state index contributed by atoms with van der Waals surface area (Å²) in [6, 6.07) is 9.78. The normalized spacial score (nSPS) is 11.1. The fraction of sp³-hybridized carbons (Fsp3) is 0.250. The van der Waals surface area contributed by atoms with Crippen molar-refractivity contribution in [3.8, 4) is 22.0 Å². The second-order valence-corrected chi connectivity index (χ2v) is 7.97. The van der Waals surface area contributed by atoms with Gasteiger partial charge in [-0.15, -0.1) is 0 Å². The van der Waals surface area contributed by atoms with Crippen LogP contribution in [-0.4, -0.2) is 31.7 Å². The third kappa shape index (κ3) is 3.86. The van der Waals surface area contributed by atoms with E-state index in [1.807, 2.05) is 62.1 Å². The molecule has 0 saturated carbocycles. The number of benzene rings is 1. The van der Waals surface area contributed by atoms with Crippen molar-refractivity contribution in [2.24, 2.45) is 7.05 Å². The van der Waals surface area contributed by atoms with Crippen molar-refractivity contribution >= 4 is 28.1 Å². The van der Waals surface area contributed by atoms with Gasteiger partial charge in [0.15, 0.2) is 5.13 Å². The molecule has 0 aliphatic rings. The molecule has 3 heterocycles. The van der Waals surface area contributed by atoms with E-state index >= 15 is 0 Å². The Morgan fingerprint density at radius 1 is 1.10 bits per heavy atom. The number of ether oxygens (including phenoxy) is 1. The summed E-state index contributed by atoms with van der Waals surface area (Å²) in [6.07, 6.45) is 1.95. The van der Waals surface area contributed by atoms with Gasteiger partial charge in [-0.25, -0.2) is 9.67 Å². The Kier molecular flexibility index (Phi) is 5.29. The fourth-order valence-electron chi connectivity index (χ4n) is 3.07. The molecule has 1 N–H and O–H groups in total. The number of methoxy groups -OCH3 is 1. The predicted octanol–water partition coefficient (Wildman–Crippen LogP) is 4.62. The number of aromatic nitrogens is 5. The molecule has 0 unspecified atom stereocenters. The van der Waals surface area contributed by atoms with Crippen molar-refractivity contribution in [3.63, 3.8) is 0 Å². The minimum atomic E-state index is 0.575. The van der Waals surface area contributed by atoms with E-state index in [1.165, 1.54) is 0 Å². The van der Waals surface area contributed by atoms with Crippen molar-refractivity contribution in [1.29, 1.82) is 0 Å². The van der Waals surface area contributed by atoms with E-state index in [2.05, 4.69) is 15.4 Å². The van der Waals surface area contributed by atoms with Crippen molar-refractivity contribution in [3.05, 3.63) is 58.6 Å². The number of aryl methyl sites for hydroxylation is 3. The molecule has 0 fully saturated rings. The molecule has 150 valence electrons. The van der Waals surface area contributed by atoms with Gasteiger partial charge in [-0.3, -0.25) is 4.68 Å². The number of nitrogens with one attached hydrogen (secondary N) is 1. The van der Waals surface area contributed by atoms with Gasteiger partial charge in [0.1, 0.15) is 16.6 Å². The summed E-state index contributed by atoms with van der Waals surface area (Å²) in [7, 11) is 3.49. The first-order valence-electron chi connectivity index (χ1n) is 9.06. The van der Waals surface area contributed by atoms with Gasteiger partial charge < -0.3 is 10.1 Å². The highest BCUT2D eigenvalue weighted by molar-refractivity contribution is 7.19. The molecule has 4 aromatic rings. The maximum Gasteiger partial charge on any atom is 0.183 e. The number of hydrogen-bond donors (Lipinski definition) is 1. The Labute approximate surface area is 177 Å². The van der Waals surface area contributed by atoms with Crippen LogP contribution in [0.3, 0.4) is 0 Å². The van der Waals surface area contributed by atoms with Crippen molar-refractivity contribution in [2.45, 2.75) is 20.4 Å². The number of hydrogen-bond acceptors (Lipinski definition) is 6. The lowest BCUT2D eigenvalue weighted by atomic mass is 10.3. The van der Waals surface area contributed by atoms with Gasteiger partial charge >= 0.3 is 0 Å². The van der Waals surface area contributed by atoms with Crippen LogP contribution in [-0.2, 0) is 13.6 Å². The summed E-state index contributed by atoms with van der Waals surface area (Å²) in [5.74, 6) is 0.819. The minimum absolute atomic E-state index is 0.575. The average molecular weight is 429 g/mol. The summed E-state index contributed by atoms with van der Waals surface area (Å²) >= 11 is 7.89. The highest BCUT2D eigenvalue weighted by Crippen LogP contribution is 2.32. The Balaban J connectivity index is 1.53. The quantitative estimate of drug-likeness (QED) is 0.485. The van der Waals surface area contributed by atoms with E-state index in [0.717, 1.165) is 44.1 Å². The largest absolute Gasteiger partial charge is 0.497 e. The number of nitrogens with zero attached hydrogens (tertiary/aromatic N) is 5. The van der Waals surface area contributed by atoms with E-state index in [0.29, 0.717) is 11.7 Å². The Morgan fingerprint density at radius 3 is 2.52 bits per heavy atom. The van der Waals surface area contributed by atoms with Gasteiger partial charge in [0.25, 0.3) is 0 Å². The molecule has 1 aromatic carbocycles. The molecule has 29 heavy (non-hydrogen) atoms. The minimum Gasteiger partial charge on any atom is -0.497 e. The maximum absolute atomic E-state index is 6.32. The van der Waals surface area contributed by atoms with Crippen LogP contribution in [0.5, 0.6) is 5.75 Å². The second kappa shape index (κ2) is 7.88. The monoisotopic (exact) mass is 428 g/mol. The van der Waals surface area contributed by atoms with Crippen LogP contribution >= 0.6 is 22.9 Å². The highest BCUT2D eigenvalue weighted by atomic mass is 35.5. The summed E-state index contributed by atoms with van der Waals surface area (Å²) in [5, 5.41) is 13.9. The van der Waals surface area contributed by atoms with Crippen LogP contribution in [0.1, 0.15) is 17.0 Å². The van der Waals surface area contributed by atoms with Gasteiger partial charge in [0.2, 0.25) is 0 Å². The highest BCUT2D eigenvalue weighted by Gasteiger charge is 2.15. The Morgan fingerprint density at radius 2 is 1.86 bits per heavy atom. The van der Waals surface area contributed by atoms with E-state index in [-0.39, 0.29) is 0 Å². The molecule has 0 radical (unpaired) electrons. The lowest BCUT2D eigenvalue weighted by Gasteiger charge is -2.03. The smallest absolute Gasteiger partial charge is 0.183 e. The van der Waals surface area contributed by atoms with Crippen LogP contribution in [0.15, 0.2) is 36.5 Å². The van der Waals surface area contributed by atoms with Gasteiger partial charge in [-0.2, -0.15) is 10.2 Å². The molecule has 0 bridgehead atoms. The standard InChI is InChI=1S/C20H21ClN6OS/c1-12-16(19(21)26(3)24-12)11-22-20-23-13(2)18(29-20)17-9-10-27(25-17)14-5-7-15(28-4)8-6-14/h5-10H,11H2,1-4H3,(H,22,23). The second-order valence-electron chi connectivity index (χ2n) is 6.61. The van der Waals surface area contributed by atoms with Crippen LogP contribution < -0.4 is 10.1 Å². The molecular formula is C20H21ClN6OS. The molecule has 3 aromatic heterocycles. The summed E-state index contributed by atoms with van der Waals surface area (Å²) < 4.78 is 8.74. The van der Waals surface area contributed by atoms with Crippen LogP contribution in [0.25, 0.3) is 16.3 Å². The van der Waals surface area contributed by atoms with E-state index in [4.69, 9.17) is 21.4 Å². The molecular weight excluding hydrogens is 408 g/mol. The first kappa shape index (κ1) is 19.5.